The lowest BCUT2D eigenvalue weighted by atomic mass is 10.1. The zero-order valence-corrected chi connectivity index (χ0v) is 10.6. The van der Waals surface area contributed by atoms with Gasteiger partial charge in [-0.15, -0.1) is 0 Å². The molecule has 0 aromatic carbocycles. The van der Waals surface area contributed by atoms with Gasteiger partial charge in [0.15, 0.2) is 0 Å². The van der Waals surface area contributed by atoms with Crippen LogP contribution in [-0.2, 0) is 4.74 Å². The number of piperidine rings is 1. The molecule has 1 aromatic rings. The lowest BCUT2D eigenvalue weighted by Crippen LogP contribution is -2.41. The third-order valence-electron chi connectivity index (χ3n) is 3.21. The number of nitrogens with zero attached hydrogens (tertiary/aromatic N) is 2. The number of pyridine rings is 1. The van der Waals surface area contributed by atoms with Crippen LogP contribution < -0.4 is 5.73 Å². The highest BCUT2D eigenvalue weighted by Gasteiger charge is 2.24. The molecule has 0 radical (unpaired) electrons. The van der Waals surface area contributed by atoms with E-state index in [4.69, 9.17) is 10.5 Å². The Labute approximate surface area is 107 Å². The lowest BCUT2D eigenvalue weighted by Gasteiger charge is -2.32. The van der Waals surface area contributed by atoms with Gasteiger partial charge in [-0.2, -0.15) is 0 Å². The number of hydrogen-bond donors (Lipinski definition) is 1. The molecule has 0 aliphatic carbocycles. The molecule has 1 amide bonds. The highest BCUT2D eigenvalue weighted by Crippen LogP contribution is 2.18. The summed E-state index contributed by atoms with van der Waals surface area (Å²) >= 11 is 0. The molecular weight excluding hydrogens is 230 g/mol. The third kappa shape index (κ3) is 2.79. The number of likely N-dealkylation sites (tertiary alicyclic amines) is 1. The average molecular weight is 249 g/mol. The fourth-order valence-corrected chi connectivity index (χ4v) is 2.23. The number of carbonyl (C=O) groups is 1. The number of nitrogens with two attached hydrogens (primary N) is 1. The van der Waals surface area contributed by atoms with Crippen molar-refractivity contribution in [3.8, 4) is 0 Å². The van der Waals surface area contributed by atoms with Gasteiger partial charge in [-0.25, -0.2) is 0 Å². The normalized spacial score (nSPS) is 16.8. The molecule has 0 unspecified atom stereocenters. The predicted molar refractivity (Wildman–Crippen MR) is 69.2 cm³/mol. The van der Waals surface area contributed by atoms with Crippen LogP contribution in [0.3, 0.4) is 0 Å². The molecule has 0 saturated carbocycles. The lowest BCUT2D eigenvalue weighted by molar-refractivity contribution is 0.0146. The maximum atomic E-state index is 12.3. The van der Waals surface area contributed by atoms with Gasteiger partial charge in [0.05, 0.1) is 23.6 Å². The topological polar surface area (TPSA) is 68.5 Å². The average Bonchev–Trinajstić information content (AvgIpc) is 2.40. The molecule has 1 aliphatic heterocycles. The van der Waals surface area contributed by atoms with Gasteiger partial charge in [0.1, 0.15) is 0 Å². The van der Waals surface area contributed by atoms with Gasteiger partial charge in [-0.1, -0.05) is 0 Å². The van der Waals surface area contributed by atoms with Gasteiger partial charge < -0.3 is 15.4 Å². The summed E-state index contributed by atoms with van der Waals surface area (Å²) in [4.78, 5) is 18.0. The summed E-state index contributed by atoms with van der Waals surface area (Å²) in [6.07, 6.45) is 5.18. The van der Waals surface area contributed by atoms with Crippen LogP contribution >= 0.6 is 0 Å². The SMILES string of the molecule is CCOC1CCN(C(=O)c2ccncc2N)CC1. The molecular formula is C13H19N3O2. The van der Waals surface area contributed by atoms with E-state index >= 15 is 0 Å². The van der Waals surface area contributed by atoms with E-state index in [0.717, 1.165) is 32.5 Å². The van der Waals surface area contributed by atoms with Gasteiger partial charge in [0, 0.05) is 25.9 Å². The third-order valence-corrected chi connectivity index (χ3v) is 3.21. The Morgan fingerprint density at radius 3 is 2.89 bits per heavy atom. The van der Waals surface area contributed by atoms with Crippen molar-refractivity contribution < 1.29 is 9.53 Å². The zero-order valence-electron chi connectivity index (χ0n) is 10.6. The molecule has 2 N–H and O–H groups in total. The summed E-state index contributed by atoms with van der Waals surface area (Å²) in [5.74, 6) is -0.00940. The number of hydrogen-bond acceptors (Lipinski definition) is 4. The maximum Gasteiger partial charge on any atom is 0.256 e. The van der Waals surface area contributed by atoms with Crippen molar-refractivity contribution in [2.24, 2.45) is 0 Å². The van der Waals surface area contributed by atoms with E-state index in [2.05, 4.69) is 4.98 Å². The monoisotopic (exact) mass is 249 g/mol. The van der Waals surface area contributed by atoms with Crippen molar-refractivity contribution in [1.29, 1.82) is 0 Å². The number of nitrogen functional groups attached to an aromatic ring is 1. The minimum Gasteiger partial charge on any atom is -0.397 e. The number of anilines is 1. The summed E-state index contributed by atoms with van der Waals surface area (Å²) in [6, 6.07) is 1.67. The summed E-state index contributed by atoms with van der Waals surface area (Å²) in [6.45, 7) is 4.18. The molecule has 1 fully saturated rings. The van der Waals surface area contributed by atoms with Crippen molar-refractivity contribution in [2.45, 2.75) is 25.9 Å². The van der Waals surface area contributed by atoms with Gasteiger partial charge >= 0.3 is 0 Å². The Morgan fingerprint density at radius 1 is 1.56 bits per heavy atom. The molecule has 0 bridgehead atoms. The molecule has 5 nitrogen and oxygen atoms in total. The summed E-state index contributed by atoms with van der Waals surface area (Å²) in [7, 11) is 0. The highest BCUT2D eigenvalue weighted by molar-refractivity contribution is 5.98. The van der Waals surface area contributed by atoms with E-state index in [1.165, 1.54) is 6.20 Å². The first-order valence-corrected chi connectivity index (χ1v) is 6.32. The first-order valence-electron chi connectivity index (χ1n) is 6.32. The maximum absolute atomic E-state index is 12.3. The predicted octanol–water partition coefficient (Wildman–Crippen LogP) is 1.30. The molecule has 1 aromatic heterocycles. The first-order chi connectivity index (χ1) is 8.72. The van der Waals surface area contributed by atoms with Crippen molar-refractivity contribution in [3.63, 3.8) is 0 Å². The minimum absolute atomic E-state index is 0.00940. The van der Waals surface area contributed by atoms with Crippen molar-refractivity contribution >= 4 is 11.6 Å². The highest BCUT2D eigenvalue weighted by atomic mass is 16.5. The van der Waals surface area contributed by atoms with Crippen molar-refractivity contribution in [1.82, 2.24) is 9.88 Å². The molecule has 2 heterocycles. The summed E-state index contributed by atoms with van der Waals surface area (Å²) < 4.78 is 5.57. The molecule has 2 rings (SSSR count). The van der Waals surface area contributed by atoms with Gasteiger partial charge in [0.2, 0.25) is 0 Å². The van der Waals surface area contributed by atoms with Crippen LogP contribution in [0, 0.1) is 0 Å². The minimum atomic E-state index is -0.00940. The summed E-state index contributed by atoms with van der Waals surface area (Å²) in [5, 5.41) is 0. The van der Waals surface area contributed by atoms with E-state index in [1.807, 2.05) is 11.8 Å². The number of rotatable bonds is 3. The van der Waals surface area contributed by atoms with Crippen LogP contribution in [0.15, 0.2) is 18.5 Å². The van der Waals surface area contributed by atoms with Crippen LogP contribution in [0.5, 0.6) is 0 Å². The molecule has 5 heteroatoms. The standard InChI is InChI=1S/C13H19N3O2/c1-2-18-10-4-7-16(8-5-10)13(17)11-3-6-15-9-12(11)14/h3,6,9-10H,2,4-5,7-8,14H2,1H3. The van der Waals surface area contributed by atoms with Crippen molar-refractivity contribution in [2.75, 3.05) is 25.4 Å². The molecule has 1 aliphatic rings. The van der Waals surface area contributed by atoms with Crippen LogP contribution in [0.1, 0.15) is 30.1 Å². The Morgan fingerprint density at radius 2 is 2.28 bits per heavy atom. The number of ether oxygens (including phenoxy) is 1. The Kier molecular flexibility index (Phi) is 4.15. The molecule has 0 spiro atoms. The van der Waals surface area contributed by atoms with Crippen LogP contribution in [0.2, 0.25) is 0 Å². The van der Waals surface area contributed by atoms with Crippen LogP contribution in [0.25, 0.3) is 0 Å². The van der Waals surface area contributed by atoms with Crippen molar-refractivity contribution in [3.05, 3.63) is 24.0 Å². The fourth-order valence-electron chi connectivity index (χ4n) is 2.23. The Bertz CT molecular complexity index is 414. The zero-order chi connectivity index (χ0) is 13.0. The molecule has 0 atom stereocenters. The number of aromatic nitrogens is 1. The van der Waals surface area contributed by atoms with Gasteiger partial charge in [-0.3, -0.25) is 9.78 Å². The summed E-state index contributed by atoms with van der Waals surface area (Å²) in [5.41, 5.74) is 6.75. The van der Waals surface area contributed by atoms with E-state index < -0.39 is 0 Å². The van der Waals surface area contributed by atoms with Crippen LogP contribution in [-0.4, -0.2) is 41.6 Å². The largest absolute Gasteiger partial charge is 0.397 e. The van der Waals surface area contributed by atoms with Gasteiger partial charge in [0.25, 0.3) is 5.91 Å². The first kappa shape index (κ1) is 12.8. The van der Waals surface area contributed by atoms with Gasteiger partial charge in [-0.05, 0) is 25.8 Å². The molecule has 1 saturated heterocycles. The number of carbonyl (C=O) groups excluding carboxylic acids is 1. The molecule has 98 valence electrons. The van der Waals surface area contributed by atoms with E-state index in [0.29, 0.717) is 11.3 Å². The Hall–Kier alpha value is -1.62. The quantitative estimate of drug-likeness (QED) is 0.876. The number of amides is 1. The fraction of sp³-hybridized carbons (Fsp3) is 0.538. The second kappa shape index (κ2) is 5.82. The second-order valence-electron chi connectivity index (χ2n) is 4.41. The van der Waals surface area contributed by atoms with E-state index in [1.54, 1.807) is 12.3 Å². The second-order valence-corrected chi connectivity index (χ2v) is 4.41. The van der Waals surface area contributed by atoms with E-state index in [9.17, 15) is 4.79 Å². The van der Waals surface area contributed by atoms with Crippen LogP contribution in [0.4, 0.5) is 5.69 Å². The van der Waals surface area contributed by atoms with E-state index in [-0.39, 0.29) is 12.0 Å². The smallest absolute Gasteiger partial charge is 0.256 e. The molecule has 18 heavy (non-hydrogen) atoms. The Balaban J connectivity index is 1.98.